The van der Waals surface area contributed by atoms with E-state index in [1.807, 2.05) is 63.5 Å². The molecule has 1 aliphatic carbocycles. The molecule has 5 heteroatoms. The number of rotatable bonds is 8. The predicted molar refractivity (Wildman–Crippen MR) is 123 cm³/mol. The largest absolute Gasteiger partial charge is 0.492 e. The number of carbonyl (C=O) groups is 1. The molecule has 4 rings (SSSR count). The molecule has 0 unspecified atom stereocenters. The number of hydrogen-bond acceptors (Lipinski definition) is 4. The van der Waals surface area contributed by atoms with Crippen LogP contribution in [0.1, 0.15) is 34.3 Å². The second-order valence-electron chi connectivity index (χ2n) is 8.45. The van der Waals surface area contributed by atoms with E-state index in [0.717, 1.165) is 47.4 Å². The third kappa shape index (κ3) is 4.78. The van der Waals surface area contributed by atoms with Crippen LogP contribution in [0.2, 0.25) is 0 Å². The number of likely N-dealkylation sites (N-methyl/N-ethyl adjacent to an activating group) is 1. The average Bonchev–Trinajstić information content (AvgIpc) is 3.55. The molecule has 0 bridgehead atoms. The van der Waals surface area contributed by atoms with Gasteiger partial charge in [0, 0.05) is 24.5 Å². The summed E-state index contributed by atoms with van der Waals surface area (Å²) in [6.07, 6.45) is 5.46. The highest BCUT2D eigenvalue weighted by Crippen LogP contribution is 2.49. The minimum Gasteiger partial charge on any atom is -0.492 e. The number of benzene rings is 2. The zero-order valence-electron chi connectivity index (χ0n) is 18.4. The van der Waals surface area contributed by atoms with Gasteiger partial charge in [-0.1, -0.05) is 30.3 Å². The molecular weight excluding hydrogens is 386 g/mol. The number of carbonyl (C=O) groups excluding carboxylic acids is 1. The topological polar surface area (TPSA) is 54.5 Å². The monoisotopic (exact) mass is 415 g/mol. The molecule has 1 N–H and O–H groups in total. The number of hydrogen-bond donors (Lipinski definition) is 1. The molecule has 1 saturated carbocycles. The van der Waals surface area contributed by atoms with Gasteiger partial charge in [0.15, 0.2) is 0 Å². The molecule has 5 nitrogen and oxygen atoms in total. The molecule has 3 aromatic rings. The Morgan fingerprint density at radius 2 is 1.84 bits per heavy atom. The fraction of sp³-hybridized carbons (Fsp3) is 0.308. The van der Waals surface area contributed by atoms with Crippen molar-refractivity contribution >= 4 is 5.91 Å². The standard InChI is InChI=1S/C26H29N3O2/c1-19-8-9-21(31-17-16-29(2)3)18-23(19)25(30)28-26(12-13-26)24-7-5-4-6-22(24)20-10-14-27-15-11-20/h4-11,14-15,18H,12-13,16-17H2,1-3H3,(H,28,30). The van der Waals surface area contributed by atoms with Gasteiger partial charge in [0.05, 0.1) is 5.54 Å². The first-order valence-electron chi connectivity index (χ1n) is 10.7. The lowest BCUT2D eigenvalue weighted by molar-refractivity contribution is 0.0930. The number of nitrogens with one attached hydrogen (secondary N) is 1. The Morgan fingerprint density at radius 1 is 1.10 bits per heavy atom. The second kappa shape index (κ2) is 8.90. The van der Waals surface area contributed by atoms with Crippen LogP contribution in [0.25, 0.3) is 11.1 Å². The number of ether oxygens (including phenoxy) is 1. The summed E-state index contributed by atoms with van der Waals surface area (Å²) < 4.78 is 5.84. The van der Waals surface area contributed by atoms with Crippen molar-refractivity contribution in [1.29, 1.82) is 0 Å². The Bertz CT molecular complexity index is 1060. The van der Waals surface area contributed by atoms with E-state index in [-0.39, 0.29) is 11.4 Å². The smallest absolute Gasteiger partial charge is 0.252 e. The minimum absolute atomic E-state index is 0.0578. The van der Waals surface area contributed by atoms with Gasteiger partial charge in [-0.2, -0.15) is 0 Å². The summed E-state index contributed by atoms with van der Waals surface area (Å²) in [5.74, 6) is 0.664. The highest BCUT2D eigenvalue weighted by atomic mass is 16.5. The molecule has 2 aromatic carbocycles. The summed E-state index contributed by atoms with van der Waals surface area (Å²) >= 11 is 0. The third-order valence-electron chi connectivity index (χ3n) is 5.80. The number of amides is 1. The van der Waals surface area contributed by atoms with Crippen molar-refractivity contribution in [2.45, 2.75) is 25.3 Å². The van der Waals surface area contributed by atoms with E-state index >= 15 is 0 Å². The molecule has 1 aromatic heterocycles. The van der Waals surface area contributed by atoms with Crippen LogP contribution in [-0.2, 0) is 5.54 Å². The predicted octanol–water partition coefficient (Wildman–Crippen LogP) is 4.42. The van der Waals surface area contributed by atoms with Crippen molar-refractivity contribution in [2.75, 3.05) is 27.2 Å². The molecule has 31 heavy (non-hydrogen) atoms. The van der Waals surface area contributed by atoms with Crippen molar-refractivity contribution in [3.63, 3.8) is 0 Å². The van der Waals surface area contributed by atoms with E-state index < -0.39 is 0 Å². The first-order valence-corrected chi connectivity index (χ1v) is 10.7. The van der Waals surface area contributed by atoms with Crippen LogP contribution in [0.4, 0.5) is 0 Å². The fourth-order valence-corrected chi connectivity index (χ4v) is 3.84. The molecular formula is C26H29N3O2. The quantitative estimate of drug-likeness (QED) is 0.592. The maximum Gasteiger partial charge on any atom is 0.252 e. The van der Waals surface area contributed by atoms with Gasteiger partial charge >= 0.3 is 0 Å². The number of aryl methyl sites for hydroxylation is 1. The summed E-state index contributed by atoms with van der Waals surface area (Å²) in [6.45, 7) is 3.37. The van der Waals surface area contributed by atoms with E-state index in [0.29, 0.717) is 12.2 Å². The molecule has 1 aliphatic rings. The lowest BCUT2D eigenvalue weighted by Crippen LogP contribution is -2.35. The van der Waals surface area contributed by atoms with Crippen LogP contribution in [0, 0.1) is 6.92 Å². The molecule has 0 saturated heterocycles. The molecule has 0 radical (unpaired) electrons. The van der Waals surface area contributed by atoms with Crippen LogP contribution in [-0.4, -0.2) is 43.0 Å². The fourth-order valence-electron chi connectivity index (χ4n) is 3.84. The molecule has 1 amide bonds. The van der Waals surface area contributed by atoms with Crippen LogP contribution >= 0.6 is 0 Å². The Labute approximate surface area is 184 Å². The van der Waals surface area contributed by atoms with E-state index in [9.17, 15) is 4.79 Å². The van der Waals surface area contributed by atoms with E-state index in [1.165, 1.54) is 0 Å². The molecule has 1 fully saturated rings. The van der Waals surface area contributed by atoms with Crippen LogP contribution < -0.4 is 10.1 Å². The lowest BCUT2D eigenvalue weighted by atomic mass is 9.93. The number of nitrogens with zero attached hydrogens (tertiary/aromatic N) is 2. The molecule has 1 heterocycles. The first kappa shape index (κ1) is 21.1. The van der Waals surface area contributed by atoms with E-state index in [2.05, 4.69) is 27.3 Å². The highest BCUT2D eigenvalue weighted by Gasteiger charge is 2.47. The zero-order chi connectivity index (χ0) is 21.8. The summed E-state index contributed by atoms with van der Waals surface area (Å²) in [5.41, 5.74) is 4.68. The molecule has 0 atom stereocenters. The number of pyridine rings is 1. The Balaban J connectivity index is 1.56. The van der Waals surface area contributed by atoms with Gasteiger partial charge in [-0.05, 0) is 80.4 Å². The van der Waals surface area contributed by atoms with Gasteiger partial charge in [0.1, 0.15) is 12.4 Å². The Morgan fingerprint density at radius 3 is 2.55 bits per heavy atom. The molecule has 160 valence electrons. The summed E-state index contributed by atoms with van der Waals surface area (Å²) in [5, 5.41) is 3.33. The highest BCUT2D eigenvalue weighted by molar-refractivity contribution is 5.97. The van der Waals surface area contributed by atoms with Gasteiger partial charge < -0.3 is 15.0 Å². The maximum absolute atomic E-state index is 13.3. The van der Waals surface area contributed by atoms with Gasteiger partial charge in [-0.3, -0.25) is 9.78 Å². The van der Waals surface area contributed by atoms with Crippen LogP contribution in [0.15, 0.2) is 67.0 Å². The molecule has 0 aliphatic heterocycles. The van der Waals surface area contributed by atoms with E-state index in [4.69, 9.17) is 4.74 Å². The van der Waals surface area contributed by atoms with Gasteiger partial charge in [-0.25, -0.2) is 0 Å². The van der Waals surface area contributed by atoms with Crippen molar-refractivity contribution in [1.82, 2.24) is 15.2 Å². The maximum atomic E-state index is 13.3. The minimum atomic E-state index is -0.328. The average molecular weight is 416 g/mol. The van der Waals surface area contributed by atoms with Crippen LogP contribution in [0.3, 0.4) is 0 Å². The Kier molecular flexibility index (Phi) is 6.05. The van der Waals surface area contributed by atoms with Gasteiger partial charge in [0.2, 0.25) is 0 Å². The summed E-state index contributed by atoms with van der Waals surface area (Å²) in [6, 6.07) is 18.1. The van der Waals surface area contributed by atoms with Crippen molar-refractivity contribution < 1.29 is 9.53 Å². The SMILES string of the molecule is Cc1ccc(OCCN(C)C)cc1C(=O)NC1(c2ccccc2-c2ccncc2)CC1. The van der Waals surface area contributed by atoms with Crippen molar-refractivity contribution in [2.24, 2.45) is 0 Å². The second-order valence-corrected chi connectivity index (χ2v) is 8.45. The zero-order valence-corrected chi connectivity index (χ0v) is 18.4. The first-order chi connectivity index (χ1) is 15.0. The third-order valence-corrected chi connectivity index (χ3v) is 5.80. The van der Waals surface area contributed by atoms with Crippen molar-refractivity contribution in [3.05, 3.63) is 83.7 Å². The van der Waals surface area contributed by atoms with Gasteiger partial charge in [0.25, 0.3) is 5.91 Å². The summed E-state index contributed by atoms with van der Waals surface area (Å²) in [4.78, 5) is 19.5. The lowest BCUT2D eigenvalue weighted by Gasteiger charge is -2.22. The number of aromatic nitrogens is 1. The van der Waals surface area contributed by atoms with Crippen molar-refractivity contribution in [3.8, 4) is 16.9 Å². The molecule has 0 spiro atoms. The normalized spacial score (nSPS) is 14.3. The van der Waals surface area contributed by atoms with Crippen LogP contribution in [0.5, 0.6) is 5.75 Å². The summed E-state index contributed by atoms with van der Waals surface area (Å²) in [7, 11) is 4.02. The van der Waals surface area contributed by atoms with Gasteiger partial charge in [-0.15, -0.1) is 0 Å². The van der Waals surface area contributed by atoms with E-state index in [1.54, 1.807) is 12.4 Å². The Hall–Kier alpha value is -3.18.